The summed E-state index contributed by atoms with van der Waals surface area (Å²) in [4.78, 5) is 10.7. The SMILES string of the molecule is C=C1CC[C@H](CC(N)=O)C1(C)C. The van der Waals surface area contributed by atoms with Crippen molar-refractivity contribution in [2.75, 3.05) is 0 Å². The number of nitrogens with two attached hydrogens (primary N) is 1. The molecule has 2 heteroatoms. The van der Waals surface area contributed by atoms with Gasteiger partial charge in [0.25, 0.3) is 0 Å². The molecular formula is C10H17NO. The van der Waals surface area contributed by atoms with Crippen LogP contribution in [0.15, 0.2) is 12.2 Å². The van der Waals surface area contributed by atoms with Crippen molar-refractivity contribution in [3.05, 3.63) is 12.2 Å². The first-order chi connectivity index (χ1) is 5.44. The molecule has 1 aliphatic carbocycles. The number of hydrogen-bond acceptors (Lipinski definition) is 1. The van der Waals surface area contributed by atoms with Crippen LogP contribution in [0.4, 0.5) is 0 Å². The Kier molecular flexibility index (Phi) is 2.27. The molecule has 12 heavy (non-hydrogen) atoms. The second kappa shape index (κ2) is 2.92. The van der Waals surface area contributed by atoms with Crippen molar-refractivity contribution in [2.24, 2.45) is 17.1 Å². The molecule has 1 rings (SSSR count). The van der Waals surface area contributed by atoms with E-state index < -0.39 is 0 Å². The van der Waals surface area contributed by atoms with Crippen molar-refractivity contribution in [3.8, 4) is 0 Å². The zero-order valence-corrected chi connectivity index (χ0v) is 7.89. The highest BCUT2D eigenvalue weighted by atomic mass is 16.1. The molecule has 0 aromatic rings. The van der Waals surface area contributed by atoms with Gasteiger partial charge in [-0.15, -0.1) is 0 Å². The zero-order chi connectivity index (χ0) is 9.35. The van der Waals surface area contributed by atoms with E-state index in [-0.39, 0.29) is 11.3 Å². The monoisotopic (exact) mass is 167 g/mol. The molecule has 2 nitrogen and oxygen atoms in total. The molecule has 1 amide bonds. The first kappa shape index (κ1) is 9.30. The number of carbonyl (C=O) groups excluding carboxylic acids is 1. The predicted octanol–water partition coefficient (Wildman–Crippen LogP) is 1.85. The number of amides is 1. The summed E-state index contributed by atoms with van der Waals surface area (Å²) in [5.74, 6) is 0.213. The highest BCUT2D eigenvalue weighted by molar-refractivity contribution is 5.74. The van der Waals surface area contributed by atoms with Crippen LogP contribution in [0.5, 0.6) is 0 Å². The third kappa shape index (κ3) is 1.52. The fourth-order valence-corrected chi connectivity index (χ4v) is 1.92. The number of allylic oxidation sites excluding steroid dienone is 1. The van der Waals surface area contributed by atoms with Gasteiger partial charge in [0.05, 0.1) is 0 Å². The maximum atomic E-state index is 10.7. The van der Waals surface area contributed by atoms with Crippen LogP contribution in [0, 0.1) is 11.3 Å². The molecule has 1 fully saturated rings. The number of hydrogen-bond donors (Lipinski definition) is 1. The molecule has 0 radical (unpaired) electrons. The van der Waals surface area contributed by atoms with E-state index in [0.29, 0.717) is 12.3 Å². The fourth-order valence-electron chi connectivity index (χ4n) is 1.92. The zero-order valence-electron chi connectivity index (χ0n) is 7.89. The minimum absolute atomic E-state index is 0.106. The van der Waals surface area contributed by atoms with Crippen LogP contribution in [0.2, 0.25) is 0 Å². The Hall–Kier alpha value is -0.790. The lowest BCUT2D eigenvalue weighted by molar-refractivity contribution is -0.119. The minimum atomic E-state index is -0.192. The average molecular weight is 167 g/mol. The van der Waals surface area contributed by atoms with E-state index in [2.05, 4.69) is 20.4 Å². The topological polar surface area (TPSA) is 43.1 Å². The number of rotatable bonds is 2. The molecule has 0 saturated heterocycles. The van der Waals surface area contributed by atoms with E-state index in [1.54, 1.807) is 0 Å². The van der Waals surface area contributed by atoms with Gasteiger partial charge in [-0.25, -0.2) is 0 Å². The summed E-state index contributed by atoms with van der Waals surface area (Å²) in [6.45, 7) is 8.31. The predicted molar refractivity (Wildman–Crippen MR) is 49.5 cm³/mol. The summed E-state index contributed by atoms with van der Waals surface area (Å²) in [6.07, 6.45) is 2.62. The first-order valence-corrected chi connectivity index (χ1v) is 4.41. The van der Waals surface area contributed by atoms with Crippen molar-refractivity contribution < 1.29 is 4.79 Å². The van der Waals surface area contributed by atoms with E-state index in [0.717, 1.165) is 12.8 Å². The first-order valence-electron chi connectivity index (χ1n) is 4.41. The Labute approximate surface area is 73.8 Å². The van der Waals surface area contributed by atoms with Crippen molar-refractivity contribution in [2.45, 2.75) is 33.1 Å². The van der Waals surface area contributed by atoms with E-state index in [1.807, 2.05) is 0 Å². The Morgan fingerprint density at radius 2 is 2.33 bits per heavy atom. The molecule has 1 aliphatic rings. The van der Waals surface area contributed by atoms with Crippen LogP contribution in [-0.2, 0) is 4.79 Å². The molecule has 1 atom stereocenters. The normalized spacial score (nSPS) is 27.5. The summed E-state index contributed by atoms with van der Waals surface area (Å²) in [5.41, 5.74) is 6.53. The number of primary amides is 1. The molecule has 0 unspecified atom stereocenters. The molecule has 0 spiro atoms. The van der Waals surface area contributed by atoms with Crippen LogP contribution in [0.25, 0.3) is 0 Å². The van der Waals surface area contributed by atoms with Gasteiger partial charge in [-0.1, -0.05) is 26.0 Å². The Morgan fingerprint density at radius 3 is 2.67 bits per heavy atom. The third-order valence-electron chi connectivity index (χ3n) is 3.17. The van der Waals surface area contributed by atoms with Crippen LogP contribution in [0.1, 0.15) is 33.1 Å². The highest BCUT2D eigenvalue weighted by Crippen LogP contribution is 2.47. The van der Waals surface area contributed by atoms with E-state index >= 15 is 0 Å². The fraction of sp³-hybridized carbons (Fsp3) is 0.700. The molecule has 0 aromatic heterocycles. The summed E-state index contributed by atoms with van der Waals surface area (Å²) < 4.78 is 0. The second-order valence-electron chi connectivity index (χ2n) is 4.23. The lowest BCUT2D eigenvalue weighted by Gasteiger charge is -2.27. The lowest BCUT2D eigenvalue weighted by Crippen LogP contribution is -2.24. The molecule has 0 aromatic carbocycles. The maximum absolute atomic E-state index is 10.7. The van der Waals surface area contributed by atoms with Gasteiger partial charge >= 0.3 is 0 Å². The van der Waals surface area contributed by atoms with E-state index in [4.69, 9.17) is 5.73 Å². The Balaban J connectivity index is 2.68. The van der Waals surface area contributed by atoms with Crippen molar-refractivity contribution in [1.82, 2.24) is 0 Å². The van der Waals surface area contributed by atoms with Crippen LogP contribution < -0.4 is 5.73 Å². The molecule has 0 heterocycles. The maximum Gasteiger partial charge on any atom is 0.217 e. The van der Waals surface area contributed by atoms with Gasteiger partial charge in [0.1, 0.15) is 0 Å². The summed E-state index contributed by atoms with van der Waals surface area (Å²) >= 11 is 0. The molecule has 68 valence electrons. The lowest BCUT2D eigenvalue weighted by atomic mass is 9.78. The molecule has 0 aliphatic heterocycles. The molecular weight excluding hydrogens is 150 g/mol. The average Bonchev–Trinajstić information content (AvgIpc) is 2.15. The van der Waals surface area contributed by atoms with Crippen LogP contribution in [0.3, 0.4) is 0 Å². The Morgan fingerprint density at radius 1 is 1.75 bits per heavy atom. The van der Waals surface area contributed by atoms with E-state index in [1.165, 1.54) is 5.57 Å². The summed E-state index contributed by atoms with van der Waals surface area (Å²) in [6, 6.07) is 0. The molecule has 0 bridgehead atoms. The Bertz CT molecular complexity index is 218. The minimum Gasteiger partial charge on any atom is -0.370 e. The molecule has 2 N–H and O–H groups in total. The highest BCUT2D eigenvalue weighted by Gasteiger charge is 2.37. The quantitative estimate of drug-likeness (QED) is 0.627. The van der Waals surface area contributed by atoms with Crippen LogP contribution in [-0.4, -0.2) is 5.91 Å². The third-order valence-corrected chi connectivity index (χ3v) is 3.17. The smallest absolute Gasteiger partial charge is 0.217 e. The van der Waals surface area contributed by atoms with E-state index in [9.17, 15) is 4.79 Å². The van der Waals surface area contributed by atoms with Crippen molar-refractivity contribution in [1.29, 1.82) is 0 Å². The van der Waals surface area contributed by atoms with Gasteiger partial charge < -0.3 is 5.73 Å². The standard InChI is InChI=1S/C10H17NO/c1-7-4-5-8(6-9(11)12)10(7,2)3/h8H,1,4-6H2,2-3H3,(H2,11,12)/t8-/m1/s1. The van der Waals surface area contributed by atoms with Gasteiger partial charge in [0.15, 0.2) is 0 Å². The number of carbonyl (C=O) groups is 1. The largest absolute Gasteiger partial charge is 0.370 e. The van der Waals surface area contributed by atoms with Gasteiger partial charge in [-0.2, -0.15) is 0 Å². The van der Waals surface area contributed by atoms with Gasteiger partial charge in [0.2, 0.25) is 5.91 Å². The summed E-state index contributed by atoms with van der Waals surface area (Å²) in [7, 11) is 0. The van der Waals surface area contributed by atoms with Gasteiger partial charge in [-0.3, -0.25) is 4.79 Å². The van der Waals surface area contributed by atoms with Gasteiger partial charge in [0, 0.05) is 6.42 Å². The summed E-state index contributed by atoms with van der Waals surface area (Å²) in [5, 5.41) is 0. The van der Waals surface area contributed by atoms with Gasteiger partial charge in [-0.05, 0) is 24.2 Å². The molecule has 1 saturated carbocycles. The van der Waals surface area contributed by atoms with Crippen molar-refractivity contribution >= 4 is 5.91 Å². The van der Waals surface area contributed by atoms with Crippen molar-refractivity contribution in [3.63, 3.8) is 0 Å². The second-order valence-corrected chi connectivity index (χ2v) is 4.23. The van der Waals surface area contributed by atoms with Crippen LogP contribution >= 0.6 is 0 Å².